The van der Waals surface area contributed by atoms with Gasteiger partial charge >= 0.3 is 0 Å². The fourth-order valence-corrected chi connectivity index (χ4v) is 1.97. The molecule has 0 saturated carbocycles. The number of rotatable bonds is 6. The average molecular weight is 251 g/mol. The van der Waals surface area contributed by atoms with E-state index in [-0.39, 0.29) is 6.10 Å². The standard InChI is InChI=1S/C14H21NO3/c1-2-17-14-6-4-3-5-12(14)9-15-10-13-11-16-7-8-18-13/h3-6,13,15H,2,7-11H2,1H3. The first-order chi connectivity index (χ1) is 8.90. The van der Waals surface area contributed by atoms with E-state index in [1.807, 2.05) is 25.1 Å². The van der Waals surface area contributed by atoms with Crippen LogP contribution in [-0.2, 0) is 16.0 Å². The summed E-state index contributed by atoms with van der Waals surface area (Å²) in [6.07, 6.45) is 0.165. The van der Waals surface area contributed by atoms with E-state index in [4.69, 9.17) is 14.2 Å². The smallest absolute Gasteiger partial charge is 0.123 e. The molecule has 1 saturated heterocycles. The molecule has 0 radical (unpaired) electrons. The summed E-state index contributed by atoms with van der Waals surface area (Å²) in [5, 5.41) is 3.39. The molecule has 0 amide bonds. The van der Waals surface area contributed by atoms with Crippen LogP contribution in [0.2, 0.25) is 0 Å². The highest BCUT2D eigenvalue weighted by atomic mass is 16.6. The molecule has 4 nitrogen and oxygen atoms in total. The van der Waals surface area contributed by atoms with Crippen LogP contribution in [-0.4, -0.2) is 39.1 Å². The maximum absolute atomic E-state index is 5.58. The van der Waals surface area contributed by atoms with E-state index < -0.39 is 0 Å². The first-order valence-corrected chi connectivity index (χ1v) is 6.51. The number of para-hydroxylation sites is 1. The van der Waals surface area contributed by atoms with Gasteiger partial charge in [0.2, 0.25) is 0 Å². The summed E-state index contributed by atoms with van der Waals surface area (Å²) in [7, 11) is 0. The quantitative estimate of drug-likeness (QED) is 0.833. The van der Waals surface area contributed by atoms with Crippen LogP contribution in [0.25, 0.3) is 0 Å². The predicted molar refractivity (Wildman–Crippen MR) is 69.9 cm³/mol. The van der Waals surface area contributed by atoms with Crippen LogP contribution < -0.4 is 10.1 Å². The number of nitrogens with one attached hydrogen (secondary N) is 1. The Bertz CT molecular complexity index is 351. The Kier molecular flexibility index (Phi) is 5.45. The predicted octanol–water partition coefficient (Wildman–Crippen LogP) is 1.59. The van der Waals surface area contributed by atoms with E-state index in [2.05, 4.69) is 11.4 Å². The summed E-state index contributed by atoms with van der Waals surface area (Å²) < 4.78 is 16.5. The molecule has 0 aromatic heterocycles. The summed E-state index contributed by atoms with van der Waals surface area (Å²) in [4.78, 5) is 0. The molecule has 1 aromatic rings. The fourth-order valence-electron chi connectivity index (χ4n) is 1.97. The molecule has 1 aliphatic rings. The molecule has 1 N–H and O–H groups in total. The topological polar surface area (TPSA) is 39.7 Å². The second-order valence-corrected chi connectivity index (χ2v) is 4.24. The van der Waals surface area contributed by atoms with Crippen molar-refractivity contribution in [3.8, 4) is 5.75 Å². The molecular formula is C14H21NO3. The lowest BCUT2D eigenvalue weighted by Crippen LogP contribution is -2.37. The number of hydrogen-bond acceptors (Lipinski definition) is 4. The van der Waals surface area contributed by atoms with Gasteiger partial charge in [-0.2, -0.15) is 0 Å². The number of benzene rings is 1. The van der Waals surface area contributed by atoms with Crippen molar-refractivity contribution in [2.24, 2.45) is 0 Å². The van der Waals surface area contributed by atoms with Crippen molar-refractivity contribution in [3.05, 3.63) is 29.8 Å². The van der Waals surface area contributed by atoms with Crippen molar-refractivity contribution in [1.29, 1.82) is 0 Å². The van der Waals surface area contributed by atoms with Crippen molar-refractivity contribution in [3.63, 3.8) is 0 Å². The molecule has 0 bridgehead atoms. The third-order valence-electron chi connectivity index (χ3n) is 2.84. The van der Waals surface area contributed by atoms with Gasteiger partial charge < -0.3 is 19.5 Å². The first-order valence-electron chi connectivity index (χ1n) is 6.51. The molecule has 1 unspecified atom stereocenters. The van der Waals surface area contributed by atoms with Gasteiger partial charge in [0.15, 0.2) is 0 Å². The third kappa shape index (κ3) is 3.98. The van der Waals surface area contributed by atoms with Crippen molar-refractivity contribution >= 4 is 0 Å². The zero-order valence-corrected chi connectivity index (χ0v) is 10.9. The monoisotopic (exact) mass is 251 g/mol. The van der Waals surface area contributed by atoms with Gasteiger partial charge in [-0.05, 0) is 13.0 Å². The summed E-state index contributed by atoms with van der Waals surface area (Å²) in [5.74, 6) is 0.952. The van der Waals surface area contributed by atoms with E-state index in [0.717, 1.165) is 18.8 Å². The molecule has 1 aliphatic heterocycles. The van der Waals surface area contributed by atoms with Crippen LogP contribution >= 0.6 is 0 Å². The van der Waals surface area contributed by atoms with Gasteiger partial charge in [0.25, 0.3) is 0 Å². The Hall–Kier alpha value is -1.10. The lowest BCUT2D eigenvalue weighted by molar-refractivity contribution is -0.0864. The molecule has 100 valence electrons. The minimum atomic E-state index is 0.165. The zero-order valence-electron chi connectivity index (χ0n) is 10.9. The van der Waals surface area contributed by atoms with Gasteiger partial charge in [-0.3, -0.25) is 0 Å². The van der Waals surface area contributed by atoms with E-state index in [9.17, 15) is 0 Å². The van der Waals surface area contributed by atoms with Gasteiger partial charge in [-0.1, -0.05) is 18.2 Å². The molecule has 1 fully saturated rings. The average Bonchev–Trinajstić information content (AvgIpc) is 2.42. The van der Waals surface area contributed by atoms with E-state index in [0.29, 0.717) is 26.4 Å². The highest BCUT2D eigenvalue weighted by Gasteiger charge is 2.13. The van der Waals surface area contributed by atoms with Crippen LogP contribution in [0.5, 0.6) is 5.75 Å². The van der Waals surface area contributed by atoms with Crippen LogP contribution in [0.4, 0.5) is 0 Å². The molecule has 4 heteroatoms. The van der Waals surface area contributed by atoms with Gasteiger partial charge in [-0.25, -0.2) is 0 Å². The third-order valence-corrected chi connectivity index (χ3v) is 2.84. The van der Waals surface area contributed by atoms with Gasteiger partial charge in [0.1, 0.15) is 5.75 Å². The van der Waals surface area contributed by atoms with E-state index >= 15 is 0 Å². The SMILES string of the molecule is CCOc1ccccc1CNCC1COCCO1. The Balaban J connectivity index is 1.78. The fraction of sp³-hybridized carbons (Fsp3) is 0.571. The summed E-state index contributed by atoms with van der Waals surface area (Å²) in [6.45, 7) is 6.37. The normalized spacial score (nSPS) is 19.7. The summed E-state index contributed by atoms with van der Waals surface area (Å²) in [6, 6.07) is 8.10. The van der Waals surface area contributed by atoms with Crippen molar-refractivity contribution < 1.29 is 14.2 Å². The van der Waals surface area contributed by atoms with Crippen molar-refractivity contribution in [1.82, 2.24) is 5.32 Å². The Morgan fingerprint density at radius 1 is 1.33 bits per heavy atom. The Morgan fingerprint density at radius 2 is 2.22 bits per heavy atom. The van der Waals surface area contributed by atoms with E-state index in [1.165, 1.54) is 5.56 Å². The number of hydrogen-bond donors (Lipinski definition) is 1. The van der Waals surface area contributed by atoms with Crippen LogP contribution in [0.15, 0.2) is 24.3 Å². The Morgan fingerprint density at radius 3 is 3.00 bits per heavy atom. The largest absolute Gasteiger partial charge is 0.494 e. The molecule has 0 spiro atoms. The minimum Gasteiger partial charge on any atom is -0.494 e. The molecule has 2 rings (SSSR count). The van der Waals surface area contributed by atoms with Gasteiger partial charge in [-0.15, -0.1) is 0 Å². The summed E-state index contributed by atoms with van der Waals surface area (Å²) in [5.41, 5.74) is 1.18. The highest BCUT2D eigenvalue weighted by molar-refractivity contribution is 5.33. The molecule has 18 heavy (non-hydrogen) atoms. The highest BCUT2D eigenvalue weighted by Crippen LogP contribution is 2.17. The van der Waals surface area contributed by atoms with Crippen LogP contribution in [0, 0.1) is 0 Å². The van der Waals surface area contributed by atoms with Crippen molar-refractivity contribution in [2.45, 2.75) is 19.6 Å². The second kappa shape index (κ2) is 7.36. The molecular weight excluding hydrogens is 230 g/mol. The van der Waals surface area contributed by atoms with E-state index in [1.54, 1.807) is 0 Å². The van der Waals surface area contributed by atoms with Gasteiger partial charge in [0, 0.05) is 18.7 Å². The molecule has 0 aliphatic carbocycles. The number of ether oxygens (including phenoxy) is 3. The maximum atomic E-state index is 5.58. The zero-order chi connectivity index (χ0) is 12.6. The molecule has 1 aromatic carbocycles. The molecule has 1 heterocycles. The first kappa shape index (κ1) is 13.3. The lowest BCUT2D eigenvalue weighted by atomic mass is 10.2. The maximum Gasteiger partial charge on any atom is 0.123 e. The second-order valence-electron chi connectivity index (χ2n) is 4.24. The molecule has 1 atom stereocenters. The Labute approximate surface area is 108 Å². The lowest BCUT2D eigenvalue weighted by Gasteiger charge is -2.23. The van der Waals surface area contributed by atoms with Crippen LogP contribution in [0.3, 0.4) is 0 Å². The van der Waals surface area contributed by atoms with Crippen LogP contribution in [0.1, 0.15) is 12.5 Å². The van der Waals surface area contributed by atoms with Crippen molar-refractivity contribution in [2.75, 3.05) is 33.0 Å². The minimum absolute atomic E-state index is 0.165. The van der Waals surface area contributed by atoms with Gasteiger partial charge in [0.05, 0.1) is 32.5 Å². The summed E-state index contributed by atoms with van der Waals surface area (Å²) >= 11 is 0.